The fourth-order valence-electron chi connectivity index (χ4n) is 8.68. The second-order valence-corrected chi connectivity index (χ2v) is 11.4. The first-order valence-corrected chi connectivity index (χ1v) is 11.1. The summed E-state index contributed by atoms with van der Waals surface area (Å²) in [6.07, 6.45) is 14.2. The molecule has 3 fully saturated rings. The summed E-state index contributed by atoms with van der Waals surface area (Å²) < 4.78 is 6.33. The smallest absolute Gasteiger partial charge is 0.0562 e. The molecule has 0 aromatic carbocycles. The lowest BCUT2D eigenvalue weighted by Gasteiger charge is -2.65. The van der Waals surface area contributed by atoms with Gasteiger partial charge in [0, 0.05) is 5.41 Å². The molecule has 1 heteroatoms. The van der Waals surface area contributed by atoms with Crippen LogP contribution in [-0.4, -0.2) is 13.2 Å². The molecule has 6 atom stereocenters. The number of hydrogen-bond donors (Lipinski definition) is 0. The van der Waals surface area contributed by atoms with E-state index in [0.29, 0.717) is 21.7 Å². The SMILES string of the molecule is CC1CCC2(C)C3=C(CCC2(C)C1)C12CCCC(C)(COC1)C2CC3. The zero-order chi connectivity index (χ0) is 17.5. The summed E-state index contributed by atoms with van der Waals surface area (Å²) in [5, 5.41) is 0. The first kappa shape index (κ1) is 16.8. The van der Waals surface area contributed by atoms with Gasteiger partial charge in [-0.25, -0.2) is 0 Å². The monoisotopic (exact) mass is 342 g/mol. The van der Waals surface area contributed by atoms with Crippen molar-refractivity contribution >= 4 is 0 Å². The van der Waals surface area contributed by atoms with Crippen LogP contribution in [0.15, 0.2) is 11.1 Å². The van der Waals surface area contributed by atoms with Gasteiger partial charge in [0.2, 0.25) is 0 Å². The van der Waals surface area contributed by atoms with E-state index in [1.165, 1.54) is 64.2 Å². The second kappa shape index (κ2) is 5.15. The largest absolute Gasteiger partial charge is 0.380 e. The molecule has 4 aliphatic carbocycles. The molecule has 25 heavy (non-hydrogen) atoms. The van der Waals surface area contributed by atoms with Gasteiger partial charge in [-0.15, -0.1) is 0 Å². The lowest BCUT2D eigenvalue weighted by Crippen LogP contribution is -2.59. The topological polar surface area (TPSA) is 9.23 Å². The number of rotatable bonds is 0. The minimum atomic E-state index is 0.423. The third-order valence-electron chi connectivity index (χ3n) is 10.2. The average Bonchev–Trinajstić information content (AvgIpc) is 2.55. The summed E-state index contributed by atoms with van der Waals surface area (Å²) in [6.45, 7) is 12.4. The fraction of sp³-hybridized carbons (Fsp3) is 0.917. The van der Waals surface area contributed by atoms with Crippen molar-refractivity contribution in [1.29, 1.82) is 0 Å². The molecule has 140 valence electrons. The minimum Gasteiger partial charge on any atom is -0.380 e. The fourth-order valence-corrected chi connectivity index (χ4v) is 8.68. The van der Waals surface area contributed by atoms with Crippen LogP contribution in [-0.2, 0) is 4.74 Å². The van der Waals surface area contributed by atoms with Gasteiger partial charge in [0.05, 0.1) is 13.2 Å². The zero-order valence-corrected chi connectivity index (χ0v) is 17.0. The summed E-state index contributed by atoms with van der Waals surface area (Å²) >= 11 is 0. The van der Waals surface area contributed by atoms with Crippen molar-refractivity contribution in [3.63, 3.8) is 0 Å². The van der Waals surface area contributed by atoms with E-state index in [1.807, 2.05) is 11.1 Å². The molecule has 0 radical (unpaired) electrons. The van der Waals surface area contributed by atoms with Crippen molar-refractivity contribution in [2.45, 2.75) is 91.9 Å². The standard InChI is InChI=1S/C24H38O/c1-17-8-13-23(4)18-6-7-20-21(2)10-5-11-24(20,16-25-15-21)19(18)9-12-22(23,3)14-17/h17,20H,5-16H2,1-4H3. The van der Waals surface area contributed by atoms with E-state index in [1.54, 1.807) is 0 Å². The van der Waals surface area contributed by atoms with Gasteiger partial charge >= 0.3 is 0 Å². The predicted molar refractivity (Wildman–Crippen MR) is 103 cm³/mol. The molecule has 6 unspecified atom stereocenters. The maximum Gasteiger partial charge on any atom is 0.0562 e. The first-order valence-electron chi connectivity index (χ1n) is 11.1. The molecule has 0 N–H and O–H groups in total. The van der Waals surface area contributed by atoms with Crippen LogP contribution < -0.4 is 0 Å². The van der Waals surface area contributed by atoms with Gasteiger partial charge in [-0.1, -0.05) is 45.3 Å². The molecule has 5 rings (SSSR count). The van der Waals surface area contributed by atoms with Crippen molar-refractivity contribution in [1.82, 2.24) is 0 Å². The van der Waals surface area contributed by atoms with Crippen molar-refractivity contribution in [2.75, 3.05) is 13.2 Å². The van der Waals surface area contributed by atoms with Gasteiger partial charge in [0.25, 0.3) is 0 Å². The minimum absolute atomic E-state index is 0.423. The van der Waals surface area contributed by atoms with Gasteiger partial charge in [-0.3, -0.25) is 0 Å². The second-order valence-electron chi connectivity index (χ2n) is 11.4. The van der Waals surface area contributed by atoms with Crippen LogP contribution in [0, 0.1) is 33.5 Å². The van der Waals surface area contributed by atoms with E-state index >= 15 is 0 Å². The highest BCUT2D eigenvalue weighted by Crippen LogP contribution is 2.70. The Kier molecular flexibility index (Phi) is 3.47. The molecule has 1 aliphatic heterocycles. The van der Waals surface area contributed by atoms with Crippen molar-refractivity contribution in [3.05, 3.63) is 11.1 Å². The number of allylic oxidation sites excluding steroid dienone is 1. The molecule has 1 heterocycles. The molecule has 0 aromatic rings. The Bertz CT molecular complexity index is 606. The van der Waals surface area contributed by atoms with Gasteiger partial charge in [-0.2, -0.15) is 0 Å². The highest BCUT2D eigenvalue weighted by molar-refractivity contribution is 5.38. The quantitative estimate of drug-likeness (QED) is 0.455. The Morgan fingerprint density at radius 2 is 1.72 bits per heavy atom. The predicted octanol–water partition coefficient (Wildman–Crippen LogP) is 6.53. The molecule has 1 saturated heterocycles. The first-order chi connectivity index (χ1) is 11.8. The zero-order valence-electron chi connectivity index (χ0n) is 17.0. The maximum absolute atomic E-state index is 6.33. The van der Waals surface area contributed by atoms with Crippen LogP contribution in [0.2, 0.25) is 0 Å². The lowest BCUT2D eigenvalue weighted by molar-refractivity contribution is -0.162. The average molecular weight is 343 g/mol. The summed E-state index contributed by atoms with van der Waals surface area (Å²) in [5.41, 5.74) is 5.74. The van der Waals surface area contributed by atoms with E-state index in [0.717, 1.165) is 25.0 Å². The van der Waals surface area contributed by atoms with Crippen LogP contribution in [0.5, 0.6) is 0 Å². The molecule has 0 spiro atoms. The number of hydrogen-bond acceptors (Lipinski definition) is 1. The van der Waals surface area contributed by atoms with Crippen LogP contribution in [0.3, 0.4) is 0 Å². The third-order valence-corrected chi connectivity index (χ3v) is 10.2. The molecular weight excluding hydrogens is 304 g/mol. The summed E-state index contributed by atoms with van der Waals surface area (Å²) in [4.78, 5) is 0. The molecule has 2 bridgehead atoms. The van der Waals surface area contributed by atoms with Crippen molar-refractivity contribution < 1.29 is 4.74 Å². The Morgan fingerprint density at radius 1 is 0.880 bits per heavy atom. The van der Waals surface area contributed by atoms with E-state index in [4.69, 9.17) is 4.74 Å². The van der Waals surface area contributed by atoms with Gasteiger partial charge in [0.15, 0.2) is 0 Å². The molecule has 5 aliphatic rings. The van der Waals surface area contributed by atoms with Gasteiger partial charge < -0.3 is 4.74 Å². The normalized spacial score (nSPS) is 55.2. The van der Waals surface area contributed by atoms with E-state index < -0.39 is 0 Å². The maximum atomic E-state index is 6.33. The van der Waals surface area contributed by atoms with E-state index in [9.17, 15) is 0 Å². The molecule has 2 saturated carbocycles. The van der Waals surface area contributed by atoms with E-state index in [-0.39, 0.29) is 0 Å². The highest BCUT2D eigenvalue weighted by atomic mass is 16.5. The highest BCUT2D eigenvalue weighted by Gasteiger charge is 2.62. The molecule has 0 aromatic heterocycles. The Morgan fingerprint density at radius 3 is 2.56 bits per heavy atom. The van der Waals surface area contributed by atoms with Crippen molar-refractivity contribution in [3.8, 4) is 0 Å². The third kappa shape index (κ3) is 2.00. The summed E-state index contributed by atoms with van der Waals surface area (Å²) in [5.74, 6) is 1.82. The molecular formula is C24H38O. The summed E-state index contributed by atoms with van der Waals surface area (Å²) in [7, 11) is 0. The van der Waals surface area contributed by atoms with Crippen LogP contribution in [0.4, 0.5) is 0 Å². The molecule has 1 nitrogen and oxygen atoms in total. The van der Waals surface area contributed by atoms with Crippen LogP contribution >= 0.6 is 0 Å². The Balaban J connectivity index is 1.63. The lowest BCUT2D eigenvalue weighted by atomic mass is 9.41. The van der Waals surface area contributed by atoms with Gasteiger partial charge in [-0.05, 0) is 85.9 Å². The molecule has 0 amide bonds. The summed E-state index contributed by atoms with van der Waals surface area (Å²) in [6, 6.07) is 0. The van der Waals surface area contributed by atoms with Crippen molar-refractivity contribution in [2.24, 2.45) is 33.5 Å². The Hall–Kier alpha value is -0.300. The van der Waals surface area contributed by atoms with Gasteiger partial charge in [0.1, 0.15) is 0 Å². The Labute approximate surface area is 155 Å². The number of fused-ring (bicyclic) bond motifs is 2. The van der Waals surface area contributed by atoms with Crippen LogP contribution in [0.1, 0.15) is 91.9 Å². The van der Waals surface area contributed by atoms with Crippen LogP contribution in [0.25, 0.3) is 0 Å². The van der Waals surface area contributed by atoms with E-state index in [2.05, 4.69) is 27.7 Å². The number of ether oxygens (including phenoxy) is 1.